The summed E-state index contributed by atoms with van der Waals surface area (Å²) in [5, 5.41) is 20.9. The zero-order valence-corrected chi connectivity index (χ0v) is 13.2. The molecule has 0 aliphatic rings. The summed E-state index contributed by atoms with van der Waals surface area (Å²) in [4.78, 5) is 22.9. The van der Waals surface area contributed by atoms with Gasteiger partial charge in [0, 0.05) is 17.9 Å². The maximum atomic E-state index is 10.6. The average Bonchev–Trinajstić information content (AvgIpc) is 2.16. The third-order valence-electron chi connectivity index (χ3n) is 2.43. The van der Waals surface area contributed by atoms with E-state index in [0.717, 1.165) is 13.1 Å². The zero-order chi connectivity index (χ0) is 11.8. The monoisotopic (exact) mass is 444 g/mol. The minimum atomic E-state index is -1.34. The molecule has 0 saturated carbocycles. The van der Waals surface area contributed by atoms with Gasteiger partial charge in [-0.1, -0.05) is 13.8 Å². The third-order valence-corrected chi connectivity index (χ3v) is 2.43. The average molecular weight is 444 g/mol. The summed E-state index contributed by atoms with van der Waals surface area (Å²) in [6, 6.07) is 0. The van der Waals surface area contributed by atoms with Crippen molar-refractivity contribution in [2.45, 2.75) is 26.7 Å². The number of nitrogens with zero attached hydrogens (tertiary/aromatic N) is 1. The molecular weight excluding hydrogens is 421 g/mol. The van der Waals surface area contributed by atoms with E-state index in [0.29, 0.717) is 6.54 Å². The molecule has 0 bridgehead atoms. The van der Waals surface area contributed by atoms with Crippen molar-refractivity contribution in [3.05, 3.63) is 0 Å². The normalized spacial score (nSPS) is 10.6. The van der Waals surface area contributed by atoms with Gasteiger partial charge in [-0.25, -0.2) is 0 Å². The van der Waals surface area contributed by atoms with E-state index < -0.39 is 24.3 Å². The molecule has 8 heteroatoms. The molecule has 0 aromatic carbocycles. The van der Waals surface area contributed by atoms with Crippen LogP contribution in [0.25, 0.3) is 0 Å². The zero-order valence-electron chi connectivity index (χ0n) is 10.9. The number of carbonyl (C=O) groups is 2. The van der Waals surface area contributed by atoms with Crippen LogP contribution in [-0.4, -0.2) is 36.5 Å². The Kier molecular flexibility index (Phi) is 21.2. The Morgan fingerprint density at radius 3 is 1.83 bits per heavy atom. The van der Waals surface area contributed by atoms with Crippen LogP contribution in [0.15, 0.2) is 0 Å². The van der Waals surface area contributed by atoms with Gasteiger partial charge in [-0.05, 0) is 32.5 Å². The van der Waals surface area contributed by atoms with Crippen molar-refractivity contribution in [1.82, 2.24) is 17.2 Å². The fourth-order valence-corrected chi connectivity index (χ4v) is 1.38. The molecule has 0 aliphatic heterocycles. The first kappa shape index (κ1) is 26.1. The largest absolute Gasteiger partial charge is 2.00 e. The standard InChI is InChI=1S/C10H19NO4.2H3N.Pt/c1-3-11(4-2)6-5-8(10(14)15)7-9(12)13;;;/h8H,3-7H2,1-2H3,(H,12,13)(H,14,15);2*1H3;/q;;;+2/p-2. The van der Waals surface area contributed by atoms with Crippen molar-refractivity contribution < 1.29 is 40.9 Å². The van der Waals surface area contributed by atoms with Crippen molar-refractivity contribution in [2.75, 3.05) is 19.6 Å². The molecule has 0 aliphatic carbocycles. The number of hydrogen-bond acceptors (Lipinski definition) is 7. The molecular formula is C10H23N3O4Pt. The third kappa shape index (κ3) is 12.0. The summed E-state index contributed by atoms with van der Waals surface area (Å²) in [6.45, 7) is 6.15. The molecule has 0 saturated heterocycles. The first-order chi connectivity index (χ1) is 7.01. The molecule has 112 valence electrons. The molecule has 0 fully saturated rings. The van der Waals surface area contributed by atoms with Crippen molar-refractivity contribution in [2.24, 2.45) is 5.92 Å². The fraction of sp³-hybridized carbons (Fsp3) is 0.800. The van der Waals surface area contributed by atoms with Crippen LogP contribution in [0.1, 0.15) is 26.7 Å². The Labute approximate surface area is 122 Å². The van der Waals surface area contributed by atoms with E-state index in [-0.39, 0.29) is 39.8 Å². The molecule has 1 unspecified atom stereocenters. The van der Waals surface area contributed by atoms with Gasteiger partial charge in [0.25, 0.3) is 0 Å². The number of aliphatic carboxylic acids is 2. The molecule has 0 amide bonds. The van der Waals surface area contributed by atoms with Gasteiger partial charge >= 0.3 is 21.1 Å². The minimum Gasteiger partial charge on any atom is -0.550 e. The van der Waals surface area contributed by atoms with Crippen LogP contribution in [0.4, 0.5) is 0 Å². The number of carbonyl (C=O) groups excluding carboxylic acids is 2. The van der Waals surface area contributed by atoms with Crippen LogP contribution in [0, 0.1) is 5.92 Å². The Bertz CT molecular complexity index is 225. The molecule has 7 nitrogen and oxygen atoms in total. The number of rotatable bonds is 8. The molecule has 6 N–H and O–H groups in total. The van der Waals surface area contributed by atoms with Crippen LogP contribution in [0.3, 0.4) is 0 Å². The van der Waals surface area contributed by atoms with E-state index >= 15 is 0 Å². The van der Waals surface area contributed by atoms with Crippen molar-refractivity contribution in [1.29, 1.82) is 0 Å². The summed E-state index contributed by atoms with van der Waals surface area (Å²) >= 11 is 0. The molecule has 1 atom stereocenters. The van der Waals surface area contributed by atoms with Crippen molar-refractivity contribution >= 4 is 11.9 Å². The Hall–Kier alpha value is -0.492. The Morgan fingerprint density at radius 1 is 1.11 bits per heavy atom. The van der Waals surface area contributed by atoms with E-state index in [1.165, 1.54) is 0 Å². The van der Waals surface area contributed by atoms with E-state index in [1.807, 2.05) is 18.7 Å². The molecule has 0 aromatic rings. The molecule has 0 rings (SSSR count). The second-order valence-electron chi connectivity index (χ2n) is 3.41. The van der Waals surface area contributed by atoms with Crippen LogP contribution < -0.4 is 22.5 Å². The van der Waals surface area contributed by atoms with Gasteiger partial charge in [0.1, 0.15) is 0 Å². The Morgan fingerprint density at radius 2 is 1.56 bits per heavy atom. The molecule has 0 heterocycles. The fourth-order valence-electron chi connectivity index (χ4n) is 1.38. The Balaban J connectivity index is -0.000000327. The predicted molar refractivity (Wildman–Crippen MR) is 60.6 cm³/mol. The second-order valence-corrected chi connectivity index (χ2v) is 3.41. The van der Waals surface area contributed by atoms with Gasteiger partial charge in [0.2, 0.25) is 0 Å². The summed E-state index contributed by atoms with van der Waals surface area (Å²) in [5.74, 6) is -3.61. The summed E-state index contributed by atoms with van der Waals surface area (Å²) in [5.41, 5.74) is 0. The molecule has 18 heavy (non-hydrogen) atoms. The van der Waals surface area contributed by atoms with E-state index in [4.69, 9.17) is 0 Å². The number of carboxylic acid groups (broad SMARTS) is 2. The summed E-state index contributed by atoms with van der Waals surface area (Å²) in [6.07, 6.45) is -0.179. The first-order valence-electron chi connectivity index (χ1n) is 5.14. The van der Waals surface area contributed by atoms with Crippen LogP contribution >= 0.6 is 0 Å². The van der Waals surface area contributed by atoms with Gasteiger partial charge < -0.3 is 37.0 Å². The van der Waals surface area contributed by atoms with Crippen LogP contribution in [0.2, 0.25) is 0 Å². The van der Waals surface area contributed by atoms with Crippen LogP contribution in [-0.2, 0) is 30.7 Å². The van der Waals surface area contributed by atoms with Gasteiger partial charge in [0.05, 0.1) is 0 Å². The molecule has 0 aromatic heterocycles. The van der Waals surface area contributed by atoms with E-state index in [9.17, 15) is 19.8 Å². The summed E-state index contributed by atoms with van der Waals surface area (Å²) < 4.78 is 0. The van der Waals surface area contributed by atoms with Gasteiger partial charge in [-0.15, -0.1) is 0 Å². The second kappa shape index (κ2) is 14.6. The maximum Gasteiger partial charge on any atom is 2.00 e. The van der Waals surface area contributed by atoms with Crippen LogP contribution in [0.5, 0.6) is 0 Å². The van der Waals surface area contributed by atoms with Gasteiger partial charge in [-0.3, -0.25) is 0 Å². The van der Waals surface area contributed by atoms with Crippen molar-refractivity contribution in [3.8, 4) is 0 Å². The summed E-state index contributed by atoms with van der Waals surface area (Å²) in [7, 11) is 0. The smallest absolute Gasteiger partial charge is 0.550 e. The van der Waals surface area contributed by atoms with E-state index in [1.54, 1.807) is 0 Å². The topological polar surface area (TPSA) is 154 Å². The molecule has 0 radical (unpaired) electrons. The quantitative estimate of drug-likeness (QED) is 0.464. The SMILES string of the molecule is CCN(CC)CCC(CC(=O)[O-])C(=O)[O-].N.N.[Pt+2]. The van der Waals surface area contributed by atoms with Gasteiger partial charge in [0.15, 0.2) is 0 Å². The molecule has 0 spiro atoms. The van der Waals surface area contributed by atoms with Crippen molar-refractivity contribution in [3.63, 3.8) is 0 Å². The minimum absolute atomic E-state index is 0. The number of hydrogen-bond donors (Lipinski definition) is 2. The van der Waals surface area contributed by atoms with E-state index in [2.05, 4.69) is 0 Å². The predicted octanol–water partition coefficient (Wildman–Crippen LogP) is -1.45. The first-order valence-corrected chi connectivity index (χ1v) is 5.14. The number of carboxylic acids is 2. The van der Waals surface area contributed by atoms with Gasteiger partial charge in [-0.2, -0.15) is 0 Å². The maximum absolute atomic E-state index is 10.6.